The van der Waals surface area contributed by atoms with Crippen LogP contribution < -0.4 is 5.32 Å². The summed E-state index contributed by atoms with van der Waals surface area (Å²) in [6.45, 7) is 0. The second-order valence-corrected chi connectivity index (χ2v) is 9.08. The summed E-state index contributed by atoms with van der Waals surface area (Å²) in [5.74, 6) is 1.85. The largest absolute Gasteiger partial charge is 0.343 e. The summed E-state index contributed by atoms with van der Waals surface area (Å²) in [5.41, 5.74) is 1.42. The van der Waals surface area contributed by atoms with Crippen LogP contribution in [0.3, 0.4) is 0 Å². The zero-order valence-corrected chi connectivity index (χ0v) is 17.0. The van der Waals surface area contributed by atoms with Gasteiger partial charge in [-0.2, -0.15) is 20.4 Å². The maximum atomic E-state index is 13.3. The lowest BCUT2D eigenvalue weighted by molar-refractivity contribution is -0.127. The summed E-state index contributed by atoms with van der Waals surface area (Å²) in [6.07, 6.45) is 13.3. The van der Waals surface area contributed by atoms with Crippen LogP contribution in [-0.4, -0.2) is 31.5 Å². The van der Waals surface area contributed by atoms with E-state index in [0.29, 0.717) is 18.2 Å². The molecule has 2 aromatic rings. The number of amides is 1. The molecule has 3 aliphatic rings. The van der Waals surface area contributed by atoms with Crippen molar-refractivity contribution in [1.29, 1.82) is 0 Å². The minimum Gasteiger partial charge on any atom is -0.343 e. The van der Waals surface area contributed by atoms with Gasteiger partial charge in [-0.25, -0.2) is 0 Å². The molecule has 1 amide bonds. The first-order valence-electron chi connectivity index (χ1n) is 11.3. The van der Waals surface area contributed by atoms with Gasteiger partial charge in [-0.1, -0.05) is 43.7 Å². The molecule has 0 radical (unpaired) electrons. The van der Waals surface area contributed by atoms with Crippen LogP contribution in [0, 0.1) is 5.92 Å². The van der Waals surface area contributed by atoms with Crippen molar-refractivity contribution >= 4 is 5.91 Å². The van der Waals surface area contributed by atoms with E-state index < -0.39 is 5.54 Å². The molecule has 29 heavy (non-hydrogen) atoms. The lowest BCUT2D eigenvalue weighted by Crippen LogP contribution is -2.49. The molecule has 1 atom stereocenters. The molecule has 0 bridgehead atoms. The van der Waals surface area contributed by atoms with E-state index in [2.05, 4.69) is 25.9 Å². The summed E-state index contributed by atoms with van der Waals surface area (Å²) in [6, 6.07) is 0. The van der Waals surface area contributed by atoms with Crippen molar-refractivity contribution in [1.82, 2.24) is 30.9 Å². The SMILES string of the molecule is O=C(NC1(c2noc(C3CCCC3)n2)CCCCCC1)C1CCc2n[nH]nc2C1. The summed E-state index contributed by atoms with van der Waals surface area (Å²) >= 11 is 0. The van der Waals surface area contributed by atoms with Crippen LogP contribution in [-0.2, 0) is 23.2 Å². The fraction of sp³-hybridized carbons (Fsp3) is 0.762. The van der Waals surface area contributed by atoms with E-state index in [1.807, 2.05) is 0 Å². The zero-order chi connectivity index (χ0) is 19.7. The second kappa shape index (κ2) is 7.88. The van der Waals surface area contributed by atoms with Crippen molar-refractivity contribution < 1.29 is 9.32 Å². The molecule has 2 fully saturated rings. The Morgan fingerprint density at radius 3 is 2.55 bits per heavy atom. The lowest BCUT2D eigenvalue weighted by atomic mass is 9.85. The van der Waals surface area contributed by atoms with Crippen LogP contribution in [0.15, 0.2) is 4.52 Å². The topological polar surface area (TPSA) is 110 Å². The number of nitrogens with zero attached hydrogens (tertiary/aromatic N) is 4. The van der Waals surface area contributed by atoms with Crippen molar-refractivity contribution in [3.8, 4) is 0 Å². The van der Waals surface area contributed by atoms with Gasteiger partial charge in [0.2, 0.25) is 11.8 Å². The molecule has 8 nitrogen and oxygen atoms in total. The summed E-state index contributed by atoms with van der Waals surface area (Å²) in [5, 5.41) is 18.9. The predicted molar refractivity (Wildman–Crippen MR) is 105 cm³/mol. The Bertz CT molecular complexity index is 845. The molecular formula is C21H30N6O2. The van der Waals surface area contributed by atoms with Gasteiger partial charge in [0.05, 0.1) is 11.4 Å². The number of carbonyl (C=O) groups is 1. The molecule has 2 N–H and O–H groups in total. The summed E-state index contributed by atoms with van der Waals surface area (Å²) in [4.78, 5) is 18.1. The molecular weight excluding hydrogens is 368 g/mol. The van der Waals surface area contributed by atoms with Crippen molar-refractivity contribution in [3.05, 3.63) is 23.1 Å². The number of carbonyl (C=O) groups excluding carboxylic acids is 1. The first-order valence-corrected chi connectivity index (χ1v) is 11.3. The molecule has 0 aliphatic heterocycles. The van der Waals surface area contributed by atoms with Crippen LogP contribution in [0.4, 0.5) is 0 Å². The highest BCUT2D eigenvalue weighted by Crippen LogP contribution is 2.38. The van der Waals surface area contributed by atoms with Crippen molar-refractivity contribution in [3.63, 3.8) is 0 Å². The van der Waals surface area contributed by atoms with Crippen molar-refractivity contribution in [2.45, 2.75) is 94.9 Å². The molecule has 3 aliphatic carbocycles. The molecule has 2 aromatic heterocycles. The number of rotatable bonds is 4. The molecule has 8 heteroatoms. The van der Waals surface area contributed by atoms with E-state index in [4.69, 9.17) is 9.51 Å². The predicted octanol–water partition coefficient (Wildman–Crippen LogP) is 3.32. The Morgan fingerprint density at radius 2 is 1.76 bits per heavy atom. The first kappa shape index (κ1) is 18.8. The quantitative estimate of drug-likeness (QED) is 0.765. The summed E-state index contributed by atoms with van der Waals surface area (Å²) in [7, 11) is 0. The molecule has 2 saturated carbocycles. The van der Waals surface area contributed by atoms with Gasteiger partial charge >= 0.3 is 0 Å². The number of hydrogen-bond donors (Lipinski definition) is 2. The Labute approximate surface area is 170 Å². The number of aryl methyl sites for hydroxylation is 1. The van der Waals surface area contributed by atoms with Gasteiger partial charge in [-0.05, 0) is 38.5 Å². The normalized spacial score (nSPS) is 24.8. The third-order valence-corrected chi connectivity index (χ3v) is 7.14. The van der Waals surface area contributed by atoms with E-state index in [0.717, 1.165) is 68.6 Å². The minimum atomic E-state index is -0.502. The van der Waals surface area contributed by atoms with Crippen LogP contribution >= 0.6 is 0 Å². The molecule has 5 rings (SSSR count). The van der Waals surface area contributed by atoms with E-state index in [1.54, 1.807) is 0 Å². The maximum Gasteiger partial charge on any atom is 0.229 e. The van der Waals surface area contributed by atoms with Gasteiger partial charge in [0, 0.05) is 18.3 Å². The van der Waals surface area contributed by atoms with Crippen LogP contribution in [0.2, 0.25) is 0 Å². The second-order valence-electron chi connectivity index (χ2n) is 9.08. The number of nitrogens with one attached hydrogen (secondary N) is 2. The van der Waals surface area contributed by atoms with Crippen LogP contribution in [0.1, 0.15) is 99.6 Å². The third kappa shape index (κ3) is 3.69. The molecule has 0 spiro atoms. The first-order chi connectivity index (χ1) is 14.2. The number of fused-ring (bicyclic) bond motifs is 1. The van der Waals surface area contributed by atoms with Crippen LogP contribution in [0.25, 0.3) is 0 Å². The number of aromatic amines is 1. The minimum absolute atomic E-state index is 0.0751. The van der Waals surface area contributed by atoms with Gasteiger partial charge in [-0.3, -0.25) is 4.79 Å². The summed E-state index contributed by atoms with van der Waals surface area (Å²) < 4.78 is 5.70. The van der Waals surface area contributed by atoms with E-state index in [9.17, 15) is 4.79 Å². The van der Waals surface area contributed by atoms with Gasteiger partial charge < -0.3 is 9.84 Å². The van der Waals surface area contributed by atoms with Gasteiger partial charge in [0.25, 0.3) is 0 Å². The highest BCUT2D eigenvalue weighted by Gasteiger charge is 2.41. The fourth-order valence-corrected chi connectivity index (χ4v) is 5.35. The van der Waals surface area contributed by atoms with Gasteiger partial charge in [0.15, 0.2) is 5.82 Å². The molecule has 1 unspecified atom stereocenters. The standard InChI is InChI=1S/C21H30N6O2/c28-18(15-9-10-16-17(13-15)25-27-24-16)23-21(11-5-1-2-6-12-21)20-22-19(29-26-20)14-7-3-4-8-14/h14-15H,1-13H2,(H,23,28)(H,24,25,27). The number of aromatic nitrogens is 5. The van der Waals surface area contributed by atoms with E-state index in [-0.39, 0.29) is 11.8 Å². The number of hydrogen-bond acceptors (Lipinski definition) is 6. The Hall–Kier alpha value is -2.25. The Balaban J connectivity index is 1.37. The van der Waals surface area contributed by atoms with Crippen molar-refractivity contribution in [2.24, 2.45) is 5.92 Å². The molecule has 2 heterocycles. The lowest BCUT2D eigenvalue weighted by Gasteiger charge is -2.33. The third-order valence-electron chi connectivity index (χ3n) is 7.14. The molecule has 156 valence electrons. The van der Waals surface area contributed by atoms with Gasteiger partial charge in [-0.15, -0.1) is 0 Å². The molecule has 0 saturated heterocycles. The zero-order valence-electron chi connectivity index (χ0n) is 17.0. The molecule has 0 aromatic carbocycles. The average molecular weight is 399 g/mol. The van der Waals surface area contributed by atoms with Gasteiger partial charge in [0.1, 0.15) is 5.54 Å². The van der Waals surface area contributed by atoms with Crippen molar-refractivity contribution in [2.75, 3.05) is 0 Å². The average Bonchev–Trinajstić information content (AvgIpc) is 3.48. The van der Waals surface area contributed by atoms with E-state index >= 15 is 0 Å². The monoisotopic (exact) mass is 398 g/mol. The highest BCUT2D eigenvalue weighted by molar-refractivity contribution is 5.80. The Morgan fingerprint density at radius 1 is 1.00 bits per heavy atom. The van der Waals surface area contributed by atoms with Crippen LogP contribution in [0.5, 0.6) is 0 Å². The highest BCUT2D eigenvalue weighted by atomic mass is 16.5. The Kier molecular flexibility index (Phi) is 5.09. The smallest absolute Gasteiger partial charge is 0.229 e. The number of H-pyrrole nitrogens is 1. The fourth-order valence-electron chi connectivity index (χ4n) is 5.35. The maximum absolute atomic E-state index is 13.3. The van der Waals surface area contributed by atoms with E-state index in [1.165, 1.54) is 25.7 Å².